The molecule has 4 nitrogen and oxygen atoms in total. The molecule has 1 aliphatic carbocycles. The monoisotopic (exact) mass is 384 g/mol. The highest BCUT2D eigenvalue weighted by atomic mass is 16.3. The van der Waals surface area contributed by atoms with E-state index in [0.29, 0.717) is 18.2 Å². The largest absolute Gasteiger partial charge is 0.393 e. The van der Waals surface area contributed by atoms with Gasteiger partial charge in [0, 0.05) is 26.1 Å². The summed E-state index contributed by atoms with van der Waals surface area (Å²) in [5, 5.41) is 9.86. The lowest BCUT2D eigenvalue weighted by molar-refractivity contribution is -0.136. The average Bonchev–Trinajstić information content (AvgIpc) is 2.95. The number of fused-ring (bicyclic) bond motifs is 1. The topological polar surface area (TPSA) is 43.8 Å². The minimum atomic E-state index is -0.157. The van der Waals surface area contributed by atoms with E-state index in [-0.39, 0.29) is 12.1 Å². The van der Waals surface area contributed by atoms with Crippen molar-refractivity contribution in [2.45, 2.75) is 76.4 Å². The molecule has 0 radical (unpaired) electrons. The number of nitrogens with zero attached hydrogens (tertiary/aromatic N) is 2. The van der Waals surface area contributed by atoms with Crippen LogP contribution >= 0.6 is 0 Å². The maximum atomic E-state index is 13.3. The van der Waals surface area contributed by atoms with Crippen LogP contribution in [-0.4, -0.2) is 53.1 Å². The number of carbonyl (C=O) groups excluding carboxylic acids is 1. The van der Waals surface area contributed by atoms with Crippen molar-refractivity contribution in [2.24, 2.45) is 5.92 Å². The van der Waals surface area contributed by atoms with Gasteiger partial charge < -0.3 is 14.9 Å². The molecule has 154 valence electrons. The van der Waals surface area contributed by atoms with Crippen molar-refractivity contribution >= 4 is 5.91 Å². The van der Waals surface area contributed by atoms with Gasteiger partial charge in [0.25, 0.3) is 0 Å². The molecule has 3 aliphatic rings. The molecular weight excluding hydrogens is 348 g/mol. The number of hydrogen-bond acceptors (Lipinski definition) is 3. The summed E-state index contributed by atoms with van der Waals surface area (Å²) in [7, 11) is 0. The predicted molar refractivity (Wildman–Crippen MR) is 112 cm³/mol. The van der Waals surface area contributed by atoms with Crippen LogP contribution in [0.4, 0.5) is 0 Å². The fourth-order valence-electron chi connectivity index (χ4n) is 5.60. The Kier molecular flexibility index (Phi) is 6.69. The third kappa shape index (κ3) is 4.60. The minimum Gasteiger partial charge on any atom is -0.393 e. The maximum Gasteiger partial charge on any atom is 0.224 e. The standard InChI is InChI=1S/C24H36N2O2/c27-21-10-6-15-25(16-13-21)17-14-23(28)26-18-12-19-7-4-5-11-22(19)24(26)20-8-2-1-3-9-20/h4-5,7,11,20-21,24,27H,1-3,6,8-10,12-18H2. The second-order valence-electron chi connectivity index (χ2n) is 9.06. The fourth-order valence-corrected chi connectivity index (χ4v) is 5.60. The van der Waals surface area contributed by atoms with Gasteiger partial charge in [0.2, 0.25) is 5.91 Å². The molecule has 1 saturated carbocycles. The summed E-state index contributed by atoms with van der Waals surface area (Å²) in [5.74, 6) is 0.947. The number of carbonyl (C=O) groups is 1. The van der Waals surface area contributed by atoms with E-state index in [2.05, 4.69) is 34.1 Å². The zero-order valence-corrected chi connectivity index (χ0v) is 17.2. The van der Waals surface area contributed by atoms with E-state index < -0.39 is 0 Å². The van der Waals surface area contributed by atoms with Crippen molar-refractivity contribution < 1.29 is 9.90 Å². The Morgan fingerprint density at radius 1 is 0.964 bits per heavy atom. The molecule has 1 N–H and O–H groups in total. The second-order valence-corrected chi connectivity index (χ2v) is 9.06. The molecule has 0 spiro atoms. The lowest BCUT2D eigenvalue weighted by atomic mass is 9.77. The van der Waals surface area contributed by atoms with Gasteiger partial charge in [-0.2, -0.15) is 0 Å². The molecule has 0 aromatic heterocycles. The van der Waals surface area contributed by atoms with Crippen LogP contribution in [0.25, 0.3) is 0 Å². The summed E-state index contributed by atoms with van der Waals surface area (Å²) in [6.45, 7) is 3.64. The molecule has 4 rings (SSSR count). The molecule has 1 aromatic rings. The molecule has 1 saturated heterocycles. The van der Waals surface area contributed by atoms with Crippen molar-refractivity contribution in [3.05, 3.63) is 35.4 Å². The van der Waals surface area contributed by atoms with E-state index in [0.717, 1.165) is 51.9 Å². The molecule has 28 heavy (non-hydrogen) atoms. The van der Waals surface area contributed by atoms with Crippen molar-refractivity contribution in [1.82, 2.24) is 9.80 Å². The Labute approximate surface area is 169 Å². The first-order chi connectivity index (χ1) is 13.7. The molecule has 4 heteroatoms. The Balaban J connectivity index is 1.44. The van der Waals surface area contributed by atoms with E-state index in [1.807, 2.05) is 0 Å². The third-order valence-corrected chi connectivity index (χ3v) is 7.18. The molecule has 2 aliphatic heterocycles. The van der Waals surface area contributed by atoms with Gasteiger partial charge in [-0.3, -0.25) is 4.79 Å². The molecule has 0 bridgehead atoms. The van der Waals surface area contributed by atoms with Crippen LogP contribution in [0.3, 0.4) is 0 Å². The van der Waals surface area contributed by atoms with Gasteiger partial charge in [-0.25, -0.2) is 0 Å². The van der Waals surface area contributed by atoms with Crippen LogP contribution in [0.5, 0.6) is 0 Å². The zero-order valence-electron chi connectivity index (χ0n) is 17.2. The first kappa shape index (κ1) is 19.9. The molecule has 2 heterocycles. The van der Waals surface area contributed by atoms with Crippen LogP contribution in [0.2, 0.25) is 0 Å². The summed E-state index contributed by atoms with van der Waals surface area (Å²) >= 11 is 0. The second kappa shape index (κ2) is 9.41. The van der Waals surface area contributed by atoms with Crippen LogP contribution in [0.15, 0.2) is 24.3 Å². The van der Waals surface area contributed by atoms with Gasteiger partial charge in [-0.1, -0.05) is 43.5 Å². The minimum absolute atomic E-state index is 0.157. The van der Waals surface area contributed by atoms with Crippen LogP contribution in [0, 0.1) is 5.92 Å². The average molecular weight is 385 g/mol. The van der Waals surface area contributed by atoms with Gasteiger partial charge >= 0.3 is 0 Å². The quantitative estimate of drug-likeness (QED) is 0.855. The van der Waals surface area contributed by atoms with Crippen molar-refractivity contribution in [2.75, 3.05) is 26.2 Å². The van der Waals surface area contributed by atoms with Crippen molar-refractivity contribution in [1.29, 1.82) is 0 Å². The number of amides is 1. The molecular formula is C24H36N2O2. The highest BCUT2D eigenvalue weighted by Crippen LogP contribution is 2.42. The van der Waals surface area contributed by atoms with Crippen molar-refractivity contribution in [3.8, 4) is 0 Å². The number of aliphatic hydroxyl groups excluding tert-OH is 1. The third-order valence-electron chi connectivity index (χ3n) is 7.18. The number of aliphatic hydroxyl groups is 1. The van der Waals surface area contributed by atoms with Crippen molar-refractivity contribution in [3.63, 3.8) is 0 Å². The maximum absolute atomic E-state index is 13.3. The lowest BCUT2D eigenvalue weighted by Crippen LogP contribution is -2.44. The Hall–Kier alpha value is -1.39. The predicted octanol–water partition coefficient (Wildman–Crippen LogP) is 3.93. The summed E-state index contributed by atoms with van der Waals surface area (Å²) in [4.78, 5) is 17.9. The number of rotatable bonds is 4. The smallest absolute Gasteiger partial charge is 0.224 e. The zero-order chi connectivity index (χ0) is 19.3. The Morgan fingerprint density at radius 2 is 1.79 bits per heavy atom. The Bertz CT molecular complexity index is 656. The van der Waals surface area contributed by atoms with E-state index in [1.165, 1.54) is 43.2 Å². The van der Waals surface area contributed by atoms with Crippen LogP contribution in [-0.2, 0) is 11.2 Å². The van der Waals surface area contributed by atoms with E-state index in [1.54, 1.807) is 0 Å². The number of benzene rings is 1. The first-order valence-electron chi connectivity index (χ1n) is 11.5. The summed E-state index contributed by atoms with van der Waals surface area (Å²) < 4.78 is 0. The van der Waals surface area contributed by atoms with E-state index in [4.69, 9.17) is 0 Å². The molecule has 2 fully saturated rings. The van der Waals surface area contributed by atoms with Crippen LogP contribution in [0.1, 0.15) is 75.0 Å². The highest BCUT2D eigenvalue weighted by molar-refractivity contribution is 5.77. The lowest BCUT2D eigenvalue weighted by Gasteiger charge is -2.43. The normalized spacial score (nSPS) is 27.2. The Morgan fingerprint density at radius 3 is 2.64 bits per heavy atom. The fraction of sp³-hybridized carbons (Fsp3) is 0.708. The molecule has 1 aromatic carbocycles. The molecule has 2 unspecified atom stereocenters. The highest BCUT2D eigenvalue weighted by Gasteiger charge is 2.36. The van der Waals surface area contributed by atoms with E-state index >= 15 is 0 Å². The van der Waals surface area contributed by atoms with Gasteiger partial charge in [0.05, 0.1) is 12.1 Å². The number of likely N-dealkylation sites (tertiary alicyclic amines) is 1. The number of hydrogen-bond donors (Lipinski definition) is 1. The van der Waals surface area contributed by atoms with Gasteiger partial charge in [0.15, 0.2) is 0 Å². The van der Waals surface area contributed by atoms with Gasteiger partial charge in [-0.15, -0.1) is 0 Å². The summed E-state index contributed by atoms with van der Waals surface area (Å²) in [5.41, 5.74) is 2.86. The first-order valence-corrected chi connectivity index (χ1v) is 11.5. The summed E-state index contributed by atoms with van der Waals surface area (Å²) in [6.07, 6.45) is 10.7. The SMILES string of the molecule is O=C(CCN1CCCC(O)CC1)N1CCc2ccccc2C1C1CCCCC1. The van der Waals surface area contributed by atoms with Gasteiger partial charge in [-0.05, 0) is 62.1 Å². The molecule has 1 amide bonds. The van der Waals surface area contributed by atoms with E-state index in [9.17, 15) is 9.90 Å². The molecule has 2 atom stereocenters. The van der Waals surface area contributed by atoms with Gasteiger partial charge in [0.1, 0.15) is 0 Å². The van der Waals surface area contributed by atoms with Crippen LogP contribution < -0.4 is 0 Å². The summed E-state index contributed by atoms with van der Waals surface area (Å²) in [6, 6.07) is 9.09.